The first-order chi connectivity index (χ1) is 7.80. The second kappa shape index (κ2) is 6.17. The molecule has 0 spiro atoms. The summed E-state index contributed by atoms with van der Waals surface area (Å²) in [6.07, 6.45) is 2.64. The molecule has 1 heterocycles. The average Bonchev–Trinajstić information content (AvgIpc) is 2.25. The van der Waals surface area contributed by atoms with Crippen molar-refractivity contribution in [2.45, 2.75) is 45.2 Å². The highest BCUT2D eigenvalue weighted by molar-refractivity contribution is 4.84. The van der Waals surface area contributed by atoms with Crippen molar-refractivity contribution in [1.82, 2.24) is 14.7 Å². The third kappa shape index (κ3) is 4.94. The normalized spacial score (nSPS) is 20.5. The maximum Gasteiger partial charge on any atom is 0.0125 e. The minimum Gasteiger partial charge on any atom is -0.308 e. The largest absolute Gasteiger partial charge is 0.308 e. The van der Waals surface area contributed by atoms with E-state index in [0.29, 0.717) is 5.54 Å². The van der Waals surface area contributed by atoms with Gasteiger partial charge in [-0.05, 0) is 54.8 Å². The number of nitrogens with zero attached hydrogens (tertiary/aromatic N) is 3. The molecule has 0 aromatic rings. The summed E-state index contributed by atoms with van der Waals surface area (Å²) in [5.41, 5.74) is 0.340. The molecule has 1 fully saturated rings. The summed E-state index contributed by atoms with van der Waals surface area (Å²) >= 11 is 0. The first-order valence-corrected chi connectivity index (χ1v) is 6.90. The van der Waals surface area contributed by atoms with Gasteiger partial charge in [0, 0.05) is 37.8 Å². The van der Waals surface area contributed by atoms with Crippen molar-refractivity contribution >= 4 is 0 Å². The lowest BCUT2D eigenvalue weighted by Gasteiger charge is -2.43. The fourth-order valence-electron chi connectivity index (χ4n) is 2.52. The van der Waals surface area contributed by atoms with Gasteiger partial charge in [-0.1, -0.05) is 0 Å². The summed E-state index contributed by atoms with van der Waals surface area (Å²) < 4.78 is 0. The van der Waals surface area contributed by atoms with Crippen molar-refractivity contribution in [3.8, 4) is 0 Å². The average molecular weight is 241 g/mol. The summed E-state index contributed by atoms with van der Waals surface area (Å²) in [6, 6.07) is 0.786. The molecule has 0 atom stereocenters. The van der Waals surface area contributed by atoms with Crippen LogP contribution >= 0.6 is 0 Å². The van der Waals surface area contributed by atoms with E-state index in [0.717, 1.165) is 12.6 Å². The highest BCUT2D eigenvalue weighted by Crippen LogP contribution is 2.22. The standard InChI is InChI=1S/C14H31N3/c1-14(2,3)17-9-7-13(8-10-17)16(6)12-11-15(4)5/h13H,7-12H2,1-6H3. The number of likely N-dealkylation sites (tertiary alicyclic amines) is 1. The monoisotopic (exact) mass is 241 g/mol. The Morgan fingerprint density at radius 2 is 1.53 bits per heavy atom. The lowest BCUT2D eigenvalue weighted by Crippen LogP contribution is -2.50. The Hall–Kier alpha value is -0.120. The smallest absolute Gasteiger partial charge is 0.0125 e. The third-order valence-electron chi connectivity index (χ3n) is 3.94. The molecule has 102 valence electrons. The molecule has 0 unspecified atom stereocenters. The molecule has 0 bridgehead atoms. The zero-order chi connectivity index (χ0) is 13.1. The Morgan fingerprint density at radius 3 is 1.94 bits per heavy atom. The van der Waals surface area contributed by atoms with Crippen molar-refractivity contribution in [3.63, 3.8) is 0 Å². The topological polar surface area (TPSA) is 9.72 Å². The molecule has 0 N–H and O–H groups in total. The van der Waals surface area contributed by atoms with E-state index in [9.17, 15) is 0 Å². The SMILES string of the molecule is CN(C)CCN(C)C1CCN(C(C)(C)C)CC1. The fourth-order valence-corrected chi connectivity index (χ4v) is 2.52. The zero-order valence-electron chi connectivity index (χ0n) is 12.7. The van der Waals surface area contributed by atoms with E-state index in [-0.39, 0.29) is 0 Å². The van der Waals surface area contributed by atoms with Gasteiger partial charge in [0.1, 0.15) is 0 Å². The summed E-state index contributed by atoms with van der Waals surface area (Å²) in [6.45, 7) is 11.8. The lowest BCUT2D eigenvalue weighted by molar-refractivity contribution is 0.0636. The molecular weight excluding hydrogens is 210 g/mol. The molecule has 17 heavy (non-hydrogen) atoms. The van der Waals surface area contributed by atoms with Crippen molar-refractivity contribution in [3.05, 3.63) is 0 Å². The van der Waals surface area contributed by atoms with Crippen LogP contribution in [-0.2, 0) is 0 Å². The van der Waals surface area contributed by atoms with E-state index >= 15 is 0 Å². The van der Waals surface area contributed by atoms with Gasteiger partial charge in [-0.15, -0.1) is 0 Å². The second-order valence-electron chi connectivity index (χ2n) is 6.67. The molecule has 0 aromatic carbocycles. The van der Waals surface area contributed by atoms with E-state index in [1.807, 2.05) is 0 Å². The Morgan fingerprint density at radius 1 is 1.00 bits per heavy atom. The van der Waals surface area contributed by atoms with E-state index in [4.69, 9.17) is 0 Å². The van der Waals surface area contributed by atoms with Gasteiger partial charge >= 0.3 is 0 Å². The third-order valence-corrected chi connectivity index (χ3v) is 3.94. The molecule has 1 rings (SSSR count). The summed E-state index contributed by atoms with van der Waals surface area (Å²) in [5.74, 6) is 0. The first kappa shape index (κ1) is 14.9. The van der Waals surface area contributed by atoms with Gasteiger partial charge in [0.2, 0.25) is 0 Å². The van der Waals surface area contributed by atoms with E-state index in [2.05, 4.69) is 56.6 Å². The minimum absolute atomic E-state index is 0.340. The Balaban J connectivity index is 2.31. The Kier molecular flexibility index (Phi) is 5.42. The molecular formula is C14H31N3. The second-order valence-corrected chi connectivity index (χ2v) is 6.67. The van der Waals surface area contributed by atoms with Crippen molar-refractivity contribution in [2.24, 2.45) is 0 Å². The lowest BCUT2D eigenvalue weighted by atomic mass is 9.97. The molecule has 0 amide bonds. The van der Waals surface area contributed by atoms with Crippen LogP contribution in [0.5, 0.6) is 0 Å². The highest BCUT2D eigenvalue weighted by atomic mass is 15.2. The van der Waals surface area contributed by atoms with Gasteiger partial charge in [0.25, 0.3) is 0 Å². The molecule has 0 aliphatic carbocycles. The predicted molar refractivity (Wildman–Crippen MR) is 75.5 cm³/mol. The molecule has 3 nitrogen and oxygen atoms in total. The molecule has 1 aliphatic rings. The maximum absolute atomic E-state index is 2.61. The first-order valence-electron chi connectivity index (χ1n) is 6.90. The van der Waals surface area contributed by atoms with E-state index in [1.54, 1.807) is 0 Å². The van der Waals surface area contributed by atoms with Crippen LogP contribution in [0.4, 0.5) is 0 Å². The molecule has 0 saturated carbocycles. The molecule has 0 radical (unpaired) electrons. The number of hydrogen-bond acceptors (Lipinski definition) is 3. The molecule has 0 aromatic heterocycles. The number of rotatable bonds is 4. The van der Waals surface area contributed by atoms with Crippen molar-refractivity contribution < 1.29 is 0 Å². The van der Waals surface area contributed by atoms with Gasteiger partial charge in [-0.25, -0.2) is 0 Å². The predicted octanol–water partition coefficient (Wildman–Crippen LogP) is 1.74. The van der Waals surface area contributed by atoms with E-state index in [1.165, 1.54) is 32.5 Å². The molecule has 1 aliphatic heterocycles. The van der Waals surface area contributed by atoms with Crippen molar-refractivity contribution in [2.75, 3.05) is 47.3 Å². The van der Waals surface area contributed by atoms with Gasteiger partial charge < -0.3 is 9.80 Å². The van der Waals surface area contributed by atoms with Crippen LogP contribution in [0, 0.1) is 0 Å². The van der Waals surface area contributed by atoms with Crippen LogP contribution in [0.3, 0.4) is 0 Å². The van der Waals surface area contributed by atoms with Crippen LogP contribution < -0.4 is 0 Å². The zero-order valence-corrected chi connectivity index (χ0v) is 12.7. The van der Waals surface area contributed by atoms with Gasteiger partial charge in [-0.2, -0.15) is 0 Å². The Labute approximate surface area is 108 Å². The van der Waals surface area contributed by atoms with Crippen LogP contribution in [0.15, 0.2) is 0 Å². The van der Waals surface area contributed by atoms with Crippen LogP contribution in [0.1, 0.15) is 33.6 Å². The summed E-state index contributed by atoms with van der Waals surface area (Å²) in [4.78, 5) is 7.42. The molecule has 3 heteroatoms. The quantitative estimate of drug-likeness (QED) is 0.742. The van der Waals surface area contributed by atoms with Crippen molar-refractivity contribution in [1.29, 1.82) is 0 Å². The van der Waals surface area contributed by atoms with Gasteiger partial charge in [-0.3, -0.25) is 4.90 Å². The fraction of sp³-hybridized carbons (Fsp3) is 1.00. The molecule has 1 saturated heterocycles. The number of piperidine rings is 1. The van der Waals surface area contributed by atoms with Crippen LogP contribution in [0.25, 0.3) is 0 Å². The maximum atomic E-state index is 2.61. The van der Waals surface area contributed by atoms with Crippen LogP contribution in [0.2, 0.25) is 0 Å². The van der Waals surface area contributed by atoms with Gasteiger partial charge in [0.05, 0.1) is 0 Å². The van der Waals surface area contributed by atoms with Crippen LogP contribution in [-0.4, -0.2) is 73.6 Å². The summed E-state index contributed by atoms with van der Waals surface area (Å²) in [7, 11) is 6.58. The summed E-state index contributed by atoms with van der Waals surface area (Å²) in [5, 5.41) is 0. The highest BCUT2D eigenvalue weighted by Gasteiger charge is 2.28. The number of hydrogen-bond donors (Lipinski definition) is 0. The number of likely N-dealkylation sites (N-methyl/N-ethyl adjacent to an activating group) is 2. The Bertz CT molecular complexity index is 212. The minimum atomic E-state index is 0.340. The van der Waals surface area contributed by atoms with E-state index < -0.39 is 0 Å². The van der Waals surface area contributed by atoms with Gasteiger partial charge in [0.15, 0.2) is 0 Å².